The highest BCUT2D eigenvalue weighted by Gasteiger charge is 2.41. The third kappa shape index (κ3) is 5.32. The third-order valence-corrected chi connectivity index (χ3v) is 6.81. The molecule has 0 spiro atoms. The quantitative estimate of drug-likeness (QED) is 0.319. The van der Waals surface area contributed by atoms with E-state index in [0.717, 1.165) is 57.0 Å². The number of fused-ring (bicyclic) bond motifs is 2. The van der Waals surface area contributed by atoms with Crippen LogP contribution in [0.15, 0.2) is 23.2 Å². The lowest BCUT2D eigenvalue weighted by molar-refractivity contribution is 0.0531. The van der Waals surface area contributed by atoms with Gasteiger partial charge in [-0.15, -0.1) is 24.0 Å². The molecule has 0 radical (unpaired) electrons. The Bertz CT molecular complexity index is 728. The Kier molecular flexibility index (Phi) is 8.35. The largest absolute Gasteiger partial charge is 0.381 e. The van der Waals surface area contributed by atoms with Gasteiger partial charge in [-0.25, -0.2) is 0 Å². The van der Waals surface area contributed by atoms with E-state index in [0.29, 0.717) is 34.8 Å². The zero-order valence-corrected chi connectivity index (χ0v) is 20.6. The van der Waals surface area contributed by atoms with Gasteiger partial charge in [0.15, 0.2) is 5.96 Å². The number of halogens is 3. The smallest absolute Gasteiger partial charge is 0.191 e. The average Bonchev–Trinajstić information content (AvgIpc) is 3.30. The molecule has 3 unspecified atom stereocenters. The maximum absolute atomic E-state index is 6.59. The maximum Gasteiger partial charge on any atom is 0.191 e. The summed E-state index contributed by atoms with van der Waals surface area (Å²) in [6, 6.07) is 6.14. The number of hydrogen-bond acceptors (Lipinski definition) is 3. The van der Waals surface area contributed by atoms with Gasteiger partial charge in [0.1, 0.15) is 0 Å². The zero-order chi connectivity index (χ0) is 19.6. The van der Waals surface area contributed by atoms with Crippen LogP contribution in [-0.4, -0.2) is 50.5 Å². The Balaban J connectivity index is 0.00000240. The van der Waals surface area contributed by atoms with E-state index in [4.69, 9.17) is 37.7 Å². The summed E-state index contributed by atoms with van der Waals surface area (Å²) in [5.41, 5.74) is 0.984. The van der Waals surface area contributed by atoms with Gasteiger partial charge in [0.2, 0.25) is 0 Å². The number of benzene rings is 1. The van der Waals surface area contributed by atoms with E-state index in [1.165, 1.54) is 6.42 Å². The number of rotatable bonds is 5. The molecule has 162 valence electrons. The molecule has 3 saturated heterocycles. The number of guanidine groups is 1. The molecule has 4 rings (SSSR count). The van der Waals surface area contributed by atoms with Gasteiger partial charge < -0.3 is 20.1 Å². The van der Waals surface area contributed by atoms with Crippen LogP contribution in [0.2, 0.25) is 10.0 Å². The maximum atomic E-state index is 6.59. The van der Waals surface area contributed by atoms with E-state index in [-0.39, 0.29) is 29.4 Å². The highest BCUT2D eigenvalue weighted by Crippen LogP contribution is 2.40. The Morgan fingerprint density at radius 3 is 2.66 bits per heavy atom. The summed E-state index contributed by atoms with van der Waals surface area (Å²) in [5, 5.41) is 8.38. The highest BCUT2D eigenvalue weighted by atomic mass is 127. The van der Waals surface area contributed by atoms with E-state index in [2.05, 4.69) is 23.6 Å². The molecule has 1 aromatic rings. The lowest BCUT2D eigenvalue weighted by Crippen LogP contribution is -2.48. The summed E-state index contributed by atoms with van der Waals surface area (Å²) in [6.07, 6.45) is 5.93. The summed E-state index contributed by atoms with van der Waals surface area (Å²) in [6.45, 7) is 5.02. The molecule has 29 heavy (non-hydrogen) atoms. The predicted octanol–water partition coefficient (Wildman–Crippen LogP) is 4.53. The van der Waals surface area contributed by atoms with Gasteiger partial charge in [-0.05, 0) is 56.7 Å². The van der Waals surface area contributed by atoms with Gasteiger partial charge >= 0.3 is 0 Å². The average molecular weight is 554 g/mol. The Labute approximate surface area is 200 Å². The molecule has 3 aliphatic rings. The van der Waals surface area contributed by atoms with Gasteiger partial charge in [-0.1, -0.05) is 29.3 Å². The normalized spacial score (nSPS) is 28.1. The van der Waals surface area contributed by atoms with E-state index in [9.17, 15) is 0 Å². The number of nitrogens with zero attached hydrogens (tertiary/aromatic N) is 1. The van der Waals surface area contributed by atoms with Crippen molar-refractivity contribution in [2.75, 3.05) is 26.3 Å². The van der Waals surface area contributed by atoms with Crippen molar-refractivity contribution in [2.24, 2.45) is 4.99 Å². The molecule has 2 bridgehead atoms. The van der Waals surface area contributed by atoms with Crippen LogP contribution in [0.4, 0.5) is 0 Å². The molecule has 3 fully saturated rings. The van der Waals surface area contributed by atoms with E-state index in [1.807, 2.05) is 12.1 Å². The summed E-state index contributed by atoms with van der Waals surface area (Å²) in [5.74, 6) is 0.861. The molecule has 5 nitrogen and oxygen atoms in total. The molecule has 0 saturated carbocycles. The summed E-state index contributed by atoms with van der Waals surface area (Å²) >= 11 is 12.7. The second-order valence-corrected chi connectivity index (χ2v) is 8.92. The van der Waals surface area contributed by atoms with Crippen molar-refractivity contribution < 1.29 is 9.47 Å². The van der Waals surface area contributed by atoms with Crippen molar-refractivity contribution >= 4 is 53.1 Å². The minimum Gasteiger partial charge on any atom is -0.381 e. The number of ether oxygens (including phenoxy) is 2. The molecular formula is C21H30Cl2IN3O2. The van der Waals surface area contributed by atoms with Crippen LogP contribution in [0.5, 0.6) is 0 Å². The standard InChI is InChI=1S/C21H29Cl2N3O2.HI/c1-2-24-20(26-18-12-15-4-6-19(18)28-15)25-13-21(7-9-27-10-8-21)16-5-3-14(22)11-17(16)23;/h3,5,11,15,18-19H,2,4,6-10,12-13H2,1H3,(H2,24,25,26);1H. The minimum atomic E-state index is -0.131. The van der Waals surface area contributed by atoms with Crippen LogP contribution in [0, 0.1) is 0 Å². The van der Waals surface area contributed by atoms with Crippen molar-refractivity contribution in [2.45, 2.75) is 62.7 Å². The molecule has 3 atom stereocenters. The Morgan fingerprint density at radius 1 is 1.24 bits per heavy atom. The third-order valence-electron chi connectivity index (χ3n) is 6.26. The molecule has 3 aliphatic heterocycles. The fourth-order valence-electron chi connectivity index (χ4n) is 4.71. The van der Waals surface area contributed by atoms with Gasteiger partial charge in [0.05, 0.1) is 24.8 Å². The first-order valence-electron chi connectivity index (χ1n) is 10.3. The first kappa shape index (κ1) is 23.4. The monoisotopic (exact) mass is 553 g/mol. The summed E-state index contributed by atoms with van der Waals surface area (Å²) in [4.78, 5) is 4.99. The van der Waals surface area contributed by atoms with Crippen LogP contribution in [0.1, 0.15) is 44.6 Å². The molecule has 8 heteroatoms. The van der Waals surface area contributed by atoms with Crippen molar-refractivity contribution in [3.05, 3.63) is 33.8 Å². The van der Waals surface area contributed by atoms with E-state index >= 15 is 0 Å². The SMILES string of the molecule is CCNC(=NCC1(c2ccc(Cl)cc2Cl)CCOCC1)NC1CC2CCC1O2.I. The molecule has 0 aromatic heterocycles. The van der Waals surface area contributed by atoms with E-state index in [1.54, 1.807) is 0 Å². The van der Waals surface area contributed by atoms with Gasteiger partial charge in [0.25, 0.3) is 0 Å². The topological polar surface area (TPSA) is 54.9 Å². The molecule has 1 aromatic carbocycles. The first-order valence-corrected chi connectivity index (χ1v) is 11.1. The molecule has 2 N–H and O–H groups in total. The zero-order valence-electron chi connectivity index (χ0n) is 16.8. The van der Waals surface area contributed by atoms with Crippen LogP contribution in [0.25, 0.3) is 0 Å². The fourth-order valence-corrected chi connectivity index (χ4v) is 5.32. The number of nitrogens with one attached hydrogen (secondary N) is 2. The number of aliphatic imine (C=N–C) groups is 1. The molecular weight excluding hydrogens is 524 g/mol. The Morgan fingerprint density at radius 2 is 2.03 bits per heavy atom. The van der Waals surface area contributed by atoms with Crippen LogP contribution in [0.3, 0.4) is 0 Å². The molecule has 0 aliphatic carbocycles. The first-order chi connectivity index (χ1) is 13.6. The van der Waals surface area contributed by atoms with Gasteiger partial charge in [0, 0.05) is 35.2 Å². The highest BCUT2D eigenvalue weighted by molar-refractivity contribution is 14.0. The van der Waals surface area contributed by atoms with Gasteiger partial charge in [-0.3, -0.25) is 4.99 Å². The predicted molar refractivity (Wildman–Crippen MR) is 129 cm³/mol. The van der Waals surface area contributed by atoms with Gasteiger partial charge in [-0.2, -0.15) is 0 Å². The summed E-state index contributed by atoms with van der Waals surface area (Å²) in [7, 11) is 0. The lowest BCUT2D eigenvalue weighted by Gasteiger charge is -2.37. The van der Waals surface area contributed by atoms with Crippen LogP contribution >= 0.6 is 47.2 Å². The number of hydrogen-bond donors (Lipinski definition) is 2. The lowest BCUT2D eigenvalue weighted by atomic mass is 9.74. The van der Waals surface area contributed by atoms with Crippen LogP contribution < -0.4 is 10.6 Å². The second-order valence-electron chi connectivity index (χ2n) is 8.07. The van der Waals surface area contributed by atoms with Crippen molar-refractivity contribution in [3.63, 3.8) is 0 Å². The van der Waals surface area contributed by atoms with Crippen molar-refractivity contribution in [3.8, 4) is 0 Å². The van der Waals surface area contributed by atoms with Crippen molar-refractivity contribution in [1.82, 2.24) is 10.6 Å². The molecule has 0 amide bonds. The van der Waals surface area contributed by atoms with Crippen LogP contribution in [-0.2, 0) is 14.9 Å². The Hall–Kier alpha value is -0.280. The second kappa shape index (κ2) is 10.4. The van der Waals surface area contributed by atoms with Crippen molar-refractivity contribution in [1.29, 1.82) is 0 Å². The van der Waals surface area contributed by atoms with E-state index < -0.39 is 0 Å². The molecule has 3 heterocycles. The summed E-state index contributed by atoms with van der Waals surface area (Å²) < 4.78 is 11.6. The fraction of sp³-hybridized carbons (Fsp3) is 0.667. The minimum absolute atomic E-state index is 0.